The summed E-state index contributed by atoms with van der Waals surface area (Å²) in [6.07, 6.45) is 4.77. The number of hydrogen-bond donors (Lipinski definition) is 2. The predicted molar refractivity (Wildman–Crippen MR) is 86.0 cm³/mol. The van der Waals surface area contributed by atoms with Crippen LogP contribution in [0.15, 0.2) is 42.5 Å². The summed E-state index contributed by atoms with van der Waals surface area (Å²) in [5, 5.41) is 5.45. The lowest BCUT2D eigenvalue weighted by Crippen LogP contribution is -2.49. The molecule has 110 valence electrons. The first-order chi connectivity index (χ1) is 10.2. The topological polar surface area (TPSA) is 55.1 Å². The Balaban J connectivity index is 1.71. The largest absolute Gasteiger partial charge is 0.352 e. The molecular weight excluding hydrogens is 260 g/mol. The molecule has 3 heteroatoms. The maximum atomic E-state index is 12.3. The monoisotopic (exact) mass is 282 g/mol. The van der Waals surface area contributed by atoms with Crippen LogP contribution in [-0.4, -0.2) is 18.0 Å². The highest BCUT2D eigenvalue weighted by molar-refractivity contribution is 5.90. The molecule has 1 aliphatic carbocycles. The van der Waals surface area contributed by atoms with Crippen molar-refractivity contribution in [3.63, 3.8) is 0 Å². The predicted octanol–water partition coefficient (Wildman–Crippen LogP) is 2.77. The van der Waals surface area contributed by atoms with Gasteiger partial charge >= 0.3 is 0 Å². The summed E-state index contributed by atoms with van der Waals surface area (Å²) < 4.78 is 0. The van der Waals surface area contributed by atoms with E-state index in [1.54, 1.807) is 0 Å². The Morgan fingerprint density at radius 1 is 1.10 bits per heavy atom. The molecule has 3 N–H and O–H groups in total. The first-order valence-electron chi connectivity index (χ1n) is 7.75. The summed E-state index contributed by atoms with van der Waals surface area (Å²) in [6, 6.07) is 14.6. The fourth-order valence-corrected chi connectivity index (χ4v) is 3.22. The molecule has 0 heterocycles. The smallest absolute Gasteiger partial charge is 0.224 e. The lowest BCUT2D eigenvalue weighted by molar-refractivity contribution is -0.121. The first kappa shape index (κ1) is 14.1. The second-order valence-electron chi connectivity index (χ2n) is 5.94. The van der Waals surface area contributed by atoms with Gasteiger partial charge in [0, 0.05) is 12.1 Å². The van der Waals surface area contributed by atoms with Crippen molar-refractivity contribution in [1.29, 1.82) is 0 Å². The van der Waals surface area contributed by atoms with E-state index in [0.29, 0.717) is 6.42 Å². The van der Waals surface area contributed by atoms with Gasteiger partial charge in [0.05, 0.1) is 6.42 Å². The zero-order valence-electron chi connectivity index (χ0n) is 12.2. The summed E-state index contributed by atoms with van der Waals surface area (Å²) in [6.45, 7) is 0. The zero-order chi connectivity index (χ0) is 14.7. The third kappa shape index (κ3) is 3.24. The second-order valence-corrected chi connectivity index (χ2v) is 5.94. The molecule has 0 aliphatic heterocycles. The molecule has 2 aromatic carbocycles. The molecule has 0 spiro atoms. The van der Waals surface area contributed by atoms with Crippen LogP contribution in [-0.2, 0) is 11.2 Å². The maximum Gasteiger partial charge on any atom is 0.224 e. The van der Waals surface area contributed by atoms with E-state index >= 15 is 0 Å². The highest BCUT2D eigenvalue weighted by Crippen LogP contribution is 2.20. The van der Waals surface area contributed by atoms with Gasteiger partial charge in [-0.1, -0.05) is 55.3 Å². The summed E-state index contributed by atoms with van der Waals surface area (Å²) in [7, 11) is 0. The maximum absolute atomic E-state index is 12.3. The van der Waals surface area contributed by atoms with E-state index in [1.165, 1.54) is 11.8 Å². The van der Waals surface area contributed by atoms with Crippen molar-refractivity contribution in [2.45, 2.75) is 44.2 Å². The molecule has 0 bridgehead atoms. The van der Waals surface area contributed by atoms with Crippen LogP contribution in [0.1, 0.15) is 31.2 Å². The molecule has 2 atom stereocenters. The average molecular weight is 282 g/mol. The minimum absolute atomic E-state index is 0.0775. The zero-order valence-corrected chi connectivity index (χ0v) is 12.2. The Kier molecular flexibility index (Phi) is 4.20. The molecule has 1 aliphatic rings. The molecule has 3 rings (SSSR count). The lowest BCUT2D eigenvalue weighted by Gasteiger charge is -2.29. The fraction of sp³-hybridized carbons (Fsp3) is 0.389. The van der Waals surface area contributed by atoms with Gasteiger partial charge in [0.2, 0.25) is 5.91 Å². The van der Waals surface area contributed by atoms with Crippen molar-refractivity contribution in [2.24, 2.45) is 5.73 Å². The van der Waals surface area contributed by atoms with Crippen LogP contribution < -0.4 is 11.1 Å². The van der Waals surface area contributed by atoms with Gasteiger partial charge in [-0.15, -0.1) is 0 Å². The van der Waals surface area contributed by atoms with Gasteiger partial charge < -0.3 is 11.1 Å². The van der Waals surface area contributed by atoms with Crippen molar-refractivity contribution in [1.82, 2.24) is 5.32 Å². The van der Waals surface area contributed by atoms with Crippen molar-refractivity contribution < 1.29 is 4.79 Å². The number of amides is 1. The summed E-state index contributed by atoms with van der Waals surface area (Å²) in [5.74, 6) is 0.0775. The Morgan fingerprint density at radius 2 is 1.86 bits per heavy atom. The number of carbonyl (C=O) groups excluding carboxylic acids is 1. The van der Waals surface area contributed by atoms with E-state index in [-0.39, 0.29) is 18.0 Å². The average Bonchev–Trinajstić information content (AvgIpc) is 2.50. The van der Waals surface area contributed by atoms with E-state index in [4.69, 9.17) is 5.73 Å². The number of benzene rings is 2. The number of fused-ring (bicyclic) bond motifs is 1. The van der Waals surface area contributed by atoms with Gasteiger partial charge in [-0.05, 0) is 29.2 Å². The van der Waals surface area contributed by atoms with E-state index < -0.39 is 0 Å². The van der Waals surface area contributed by atoms with Crippen LogP contribution in [0.2, 0.25) is 0 Å². The lowest BCUT2D eigenvalue weighted by atomic mass is 9.91. The SMILES string of the molecule is N[C@@H]1CCCC[C@H]1NC(=O)Cc1cccc2ccccc12. The van der Waals surface area contributed by atoms with E-state index in [9.17, 15) is 4.79 Å². The van der Waals surface area contributed by atoms with E-state index in [0.717, 1.165) is 30.2 Å². The Labute approximate surface area is 125 Å². The van der Waals surface area contributed by atoms with Crippen LogP contribution >= 0.6 is 0 Å². The molecule has 3 nitrogen and oxygen atoms in total. The van der Waals surface area contributed by atoms with E-state index in [2.05, 4.69) is 23.5 Å². The number of nitrogens with two attached hydrogens (primary N) is 1. The van der Waals surface area contributed by atoms with Gasteiger partial charge in [-0.3, -0.25) is 4.79 Å². The highest BCUT2D eigenvalue weighted by Gasteiger charge is 2.23. The Morgan fingerprint density at radius 3 is 2.71 bits per heavy atom. The third-order valence-electron chi connectivity index (χ3n) is 4.40. The van der Waals surface area contributed by atoms with Crippen LogP contribution in [0.3, 0.4) is 0 Å². The van der Waals surface area contributed by atoms with Gasteiger partial charge in [-0.2, -0.15) is 0 Å². The van der Waals surface area contributed by atoms with Gasteiger partial charge in [-0.25, -0.2) is 0 Å². The quantitative estimate of drug-likeness (QED) is 0.909. The number of hydrogen-bond acceptors (Lipinski definition) is 2. The molecule has 1 fully saturated rings. The first-order valence-corrected chi connectivity index (χ1v) is 7.75. The molecular formula is C18H22N2O. The van der Waals surface area contributed by atoms with Crippen LogP contribution in [0.4, 0.5) is 0 Å². The normalized spacial score (nSPS) is 22.1. The standard InChI is InChI=1S/C18H22N2O/c19-16-10-3-4-11-17(16)20-18(21)12-14-8-5-7-13-6-1-2-9-15(13)14/h1-2,5-9,16-17H,3-4,10-12,19H2,(H,20,21)/t16-,17-/m1/s1. The minimum Gasteiger partial charge on any atom is -0.352 e. The van der Waals surface area contributed by atoms with Crippen molar-refractivity contribution in [3.05, 3.63) is 48.0 Å². The molecule has 21 heavy (non-hydrogen) atoms. The number of nitrogens with one attached hydrogen (secondary N) is 1. The summed E-state index contributed by atoms with van der Waals surface area (Å²) in [4.78, 5) is 12.3. The second kappa shape index (κ2) is 6.27. The molecule has 0 radical (unpaired) electrons. The third-order valence-corrected chi connectivity index (χ3v) is 4.40. The molecule has 1 amide bonds. The molecule has 0 saturated heterocycles. The van der Waals surface area contributed by atoms with Crippen LogP contribution in [0.5, 0.6) is 0 Å². The van der Waals surface area contributed by atoms with Crippen molar-refractivity contribution in [3.8, 4) is 0 Å². The van der Waals surface area contributed by atoms with Crippen molar-refractivity contribution >= 4 is 16.7 Å². The Bertz CT molecular complexity index is 633. The highest BCUT2D eigenvalue weighted by atomic mass is 16.1. The minimum atomic E-state index is 0.0775. The molecule has 2 aromatic rings. The van der Waals surface area contributed by atoms with Crippen molar-refractivity contribution in [2.75, 3.05) is 0 Å². The number of rotatable bonds is 3. The van der Waals surface area contributed by atoms with Gasteiger partial charge in [0.25, 0.3) is 0 Å². The Hall–Kier alpha value is -1.87. The van der Waals surface area contributed by atoms with Gasteiger partial charge in [0.15, 0.2) is 0 Å². The van der Waals surface area contributed by atoms with E-state index in [1.807, 2.05) is 24.3 Å². The molecule has 0 aromatic heterocycles. The van der Waals surface area contributed by atoms with Crippen LogP contribution in [0.25, 0.3) is 10.8 Å². The molecule has 0 unspecified atom stereocenters. The molecule has 1 saturated carbocycles. The van der Waals surface area contributed by atoms with Crippen LogP contribution in [0, 0.1) is 0 Å². The fourth-order valence-electron chi connectivity index (χ4n) is 3.22. The number of carbonyl (C=O) groups is 1. The summed E-state index contributed by atoms with van der Waals surface area (Å²) >= 11 is 0. The van der Waals surface area contributed by atoms with Gasteiger partial charge in [0.1, 0.15) is 0 Å². The summed E-state index contributed by atoms with van der Waals surface area (Å²) in [5.41, 5.74) is 7.18.